The highest BCUT2D eigenvalue weighted by molar-refractivity contribution is 8.13. The highest BCUT2D eigenvalue weighted by Crippen LogP contribution is 2.36. The standard InChI is InChI=1S/C19H22FN5OS2/c1-11-7-16(24-17(21)23-11)28-10-13(26)8-12-3-4-15(20)14(9-12)19(2)5-6-27-18(22)25-19/h3-4,7,9H,5-6,8,10H2,1-2H3,(H2,22,25)(H2,21,23,24)/t19-/m0/s1. The Morgan fingerprint density at radius 1 is 1.32 bits per heavy atom. The number of rotatable bonds is 6. The molecule has 0 saturated carbocycles. The summed E-state index contributed by atoms with van der Waals surface area (Å²) < 4.78 is 14.5. The van der Waals surface area contributed by atoms with Crippen LogP contribution in [0.4, 0.5) is 10.3 Å². The molecule has 148 valence electrons. The number of carbonyl (C=O) groups is 1. The van der Waals surface area contributed by atoms with Crippen LogP contribution in [-0.2, 0) is 16.8 Å². The Hall–Kier alpha value is -2.13. The molecule has 1 aromatic carbocycles. The minimum absolute atomic E-state index is 0.0183. The third-order valence-electron chi connectivity index (χ3n) is 4.44. The normalized spacial score (nSPS) is 19.3. The number of aliphatic imine (C=N–C) groups is 1. The van der Waals surface area contributed by atoms with E-state index in [1.165, 1.54) is 29.6 Å². The molecule has 0 saturated heterocycles. The Morgan fingerprint density at radius 2 is 2.11 bits per heavy atom. The first-order chi connectivity index (χ1) is 13.2. The molecule has 4 N–H and O–H groups in total. The molecule has 0 aliphatic carbocycles. The summed E-state index contributed by atoms with van der Waals surface area (Å²) in [6, 6.07) is 6.56. The first kappa shape index (κ1) is 20.6. The van der Waals surface area contributed by atoms with E-state index >= 15 is 0 Å². The van der Waals surface area contributed by atoms with Gasteiger partial charge in [0, 0.05) is 23.4 Å². The molecular weight excluding hydrogens is 397 g/mol. The molecule has 1 atom stereocenters. The Kier molecular flexibility index (Phi) is 6.24. The lowest BCUT2D eigenvalue weighted by atomic mass is 9.87. The molecule has 0 spiro atoms. The second kappa shape index (κ2) is 8.48. The van der Waals surface area contributed by atoms with E-state index in [0.29, 0.717) is 22.2 Å². The molecule has 1 aliphatic heterocycles. The minimum atomic E-state index is -0.705. The van der Waals surface area contributed by atoms with Crippen molar-refractivity contribution in [3.8, 4) is 0 Å². The van der Waals surface area contributed by atoms with E-state index in [2.05, 4.69) is 15.0 Å². The van der Waals surface area contributed by atoms with Crippen LogP contribution in [0.3, 0.4) is 0 Å². The van der Waals surface area contributed by atoms with Gasteiger partial charge in [-0.1, -0.05) is 35.7 Å². The zero-order valence-electron chi connectivity index (χ0n) is 15.7. The summed E-state index contributed by atoms with van der Waals surface area (Å²) in [6.07, 6.45) is 0.904. The molecule has 2 aromatic rings. The topological polar surface area (TPSA) is 107 Å². The molecule has 9 heteroatoms. The number of nitrogens with two attached hydrogens (primary N) is 2. The summed E-state index contributed by atoms with van der Waals surface area (Å²) in [5.74, 6) is 0.916. The van der Waals surface area contributed by atoms with Crippen molar-refractivity contribution >= 4 is 40.4 Å². The van der Waals surface area contributed by atoms with Gasteiger partial charge in [-0.25, -0.2) is 14.4 Å². The Bertz CT molecular complexity index is 916. The molecule has 0 fully saturated rings. The summed E-state index contributed by atoms with van der Waals surface area (Å²) in [5, 5.41) is 1.13. The molecule has 0 bridgehead atoms. The van der Waals surface area contributed by atoms with E-state index in [9.17, 15) is 9.18 Å². The number of halogens is 1. The van der Waals surface area contributed by atoms with E-state index in [4.69, 9.17) is 11.5 Å². The fourth-order valence-corrected chi connectivity index (χ4v) is 4.84. The fraction of sp³-hybridized carbons (Fsp3) is 0.368. The maximum Gasteiger partial charge on any atom is 0.221 e. The first-order valence-electron chi connectivity index (χ1n) is 8.78. The number of nitrogen functional groups attached to an aromatic ring is 1. The van der Waals surface area contributed by atoms with Crippen molar-refractivity contribution < 1.29 is 9.18 Å². The largest absolute Gasteiger partial charge is 0.379 e. The smallest absolute Gasteiger partial charge is 0.221 e. The highest BCUT2D eigenvalue weighted by atomic mass is 32.2. The fourth-order valence-electron chi connectivity index (χ4n) is 3.04. The van der Waals surface area contributed by atoms with Crippen molar-refractivity contribution in [1.82, 2.24) is 9.97 Å². The number of anilines is 1. The van der Waals surface area contributed by atoms with Gasteiger partial charge in [-0.3, -0.25) is 9.79 Å². The molecule has 0 amide bonds. The number of aryl methyl sites for hydroxylation is 1. The van der Waals surface area contributed by atoms with Gasteiger partial charge in [-0.05, 0) is 38.0 Å². The predicted octanol–water partition coefficient (Wildman–Crippen LogP) is 3.08. The maximum absolute atomic E-state index is 14.5. The molecule has 6 nitrogen and oxygen atoms in total. The molecule has 3 rings (SSSR count). The van der Waals surface area contributed by atoms with Gasteiger partial charge in [0.15, 0.2) is 5.17 Å². The van der Waals surface area contributed by atoms with Gasteiger partial charge >= 0.3 is 0 Å². The third kappa shape index (κ3) is 5.02. The van der Waals surface area contributed by atoms with E-state index in [1.54, 1.807) is 18.2 Å². The number of hydrogen-bond donors (Lipinski definition) is 2. The van der Waals surface area contributed by atoms with E-state index < -0.39 is 5.54 Å². The average Bonchev–Trinajstić information content (AvgIpc) is 2.60. The number of carbonyl (C=O) groups excluding carboxylic acids is 1. The summed E-state index contributed by atoms with van der Waals surface area (Å²) in [6.45, 7) is 3.70. The van der Waals surface area contributed by atoms with Gasteiger partial charge < -0.3 is 11.5 Å². The maximum atomic E-state index is 14.5. The van der Waals surface area contributed by atoms with Gasteiger partial charge in [0.25, 0.3) is 0 Å². The van der Waals surface area contributed by atoms with Crippen molar-refractivity contribution in [3.63, 3.8) is 0 Å². The second-order valence-electron chi connectivity index (χ2n) is 6.85. The van der Waals surface area contributed by atoms with Crippen LogP contribution in [0.2, 0.25) is 0 Å². The minimum Gasteiger partial charge on any atom is -0.379 e. The van der Waals surface area contributed by atoms with Crippen LogP contribution in [0.15, 0.2) is 34.3 Å². The number of benzene rings is 1. The summed E-state index contributed by atoms with van der Waals surface area (Å²) in [4.78, 5) is 25.0. The van der Waals surface area contributed by atoms with Crippen LogP contribution in [0, 0.1) is 12.7 Å². The number of hydrogen-bond acceptors (Lipinski definition) is 8. The number of nitrogens with zero attached hydrogens (tertiary/aromatic N) is 3. The molecule has 0 unspecified atom stereocenters. The number of ketones is 1. The summed E-state index contributed by atoms with van der Waals surface area (Å²) >= 11 is 2.79. The Balaban J connectivity index is 1.70. The molecule has 1 aliphatic rings. The second-order valence-corrected chi connectivity index (χ2v) is 8.96. The Labute approximate surface area is 171 Å². The van der Waals surface area contributed by atoms with E-state index in [1.807, 2.05) is 13.8 Å². The SMILES string of the molecule is Cc1cc(SCC(=O)Cc2ccc(F)c([C@]3(C)CCSC(N)=N3)c2)nc(N)n1. The number of amidine groups is 1. The van der Waals surface area contributed by atoms with E-state index in [0.717, 1.165) is 17.0 Å². The number of thioether (sulfide) groups is 2. The lowest BCUT2D eigenvalue weighted by Gasteiger charge is -2.30. The predicted molar refractivity (Wildman–Crippen MR) is 113 cm³/mol. The van der Waals surface area contributed by atoms with Crippen LogP contribution in [-0.4, -0.2) is 32.4 Å². The van der Waals surface area contributed by atoms with Gasteiger partial charge in [0.2, 0.25) is 5.95 Å². The molecule has 0 radical (unpaired) electrons. The van der Waals surface area contributed by atoms with Crippen LogP contribution < -0.4 is 11.5 Å². The first-order valence-corrected chi connectivity index (χ1v) is 10.7. The van der Waals surface area contributed by atoms with Crippen molar-refractivity contribution in [3.05, 3.63) is 46.9 Å². The van der Waals surface area contributed by atoms with Crippen molar-refractivity contribution in [2.75, 3.05) is 17.2 Å². The Morgan fingerprint density at radius 3 is 2.82 bits per heavy atom. The van der Waals surface area contributed by atoms with Gasteiger partial charge in [0.1, 0.15) is 16.6 Å². The lowest BCUT2D eigenvalue weighted by molar-refractivity contribution is -0.116. The monoisotopic (exact) mass is 419 g/mol. The zero-order valence-corrected chi connectivity index (χ0v) is 17.4. The van der Waals surface area contributed by atoms with Crippen molar-refractivity contribution in [2.24, 2.45) is 10.7 Å². The van der Waals surface area contributed by atoms with Crippen molar-refractivity contribution in [2.45, 2.75) is 37.3 Å². The number of Topliss-reactive ketones (excluding diaryl/α,β-unsaturated/α-hetero) is 1. The van der Waals surface area contributed by atoms with E-state index in [-0.39, 0.29) is 29.7 Å². The van der Waals surface area contributed by atoms with Crippen LogP contribution in [0.1, 0.15) is 30.2 Å². The van der Waals surface area contributed by atoms with Crippen LogP contribution in [0.25, 0.3) is 0 Å². The zero-order chi connectivity index (χ0) is 20.3. The number of aromatic nitrogens is 2. The third-order valence-corrected chi connectivity index (χ3v) is 6.20. The highest BCUT2D eigenvalue weighted by Gasteiger charge is 2.32. The summed E-state index contributed by atoms with van der Waals surface area (Å²) in [7, 11) is 0. The van der Waals surface area contributed by atoms with Gasteiger partial charge in [-0.15, -0.1) is 0 Å². The molecular formula is C19H22FN5OS2. The molecule has 1 aromatic heterocycles. The van der Waals surface area contributed by atoms with Crippen LogP contribution in [0.5, 0.6) is 0 Å². The average molecular weight is 420 g/mol. The van der Waals surface area contributed by atoms with Crippen LogP contribution >= 0.6 is 23.5 Å². The van der Waals surface area contributed by atoms with Crippen molar-refractivity contribution in [1.29, 1.82) is 0 Å². The molecule has 2 heterocycles. The van der Waals surface area contributed by atoms with Gasteiger partial charge in [0.05, 0.1) is 11.3 Å². The van der Waals surface area contributed by atoms with Gasteiger partial charge in [-0.2, -0.15) is 0 Å². The lowest BCUT2D eigenvalue weighted by Crippen LogP contribution is -2.29. The quantitative estimate of drug-likeness (QED) is 0.547. The summed E-state index contributed by atoms with van der Waals surface area (Å²) in [5.41, 5.74) is 12.8. The molecule has 28 heavy (non-hydrogen) atoms.